The number of amides is 1. The van der Waals surface area contributed by atoms with Crippen molar-refractivity contribution in [3.05, 3.63) is 45.5 Å². The highest BCUT2D eigenvalue weighted by atomic mass is 35.5. The lowest BCUT2D eigenvalue weighted by atomic mass is 10.1. The number of benzene rings is 1. The van der Waals surface area contributed by atoms with Crippen LogP contribution in [0.1, 0.15) is 53.7 Å². The number of carbonyl (C=O) groups excluding carboxylic acids is 1. The van der Waals surface area contributed by atoms with Crippen LogP contribution in [-0.2, 0) is 6.54 Å². The van der Waals surface area contributed by atoms with Gasteiger partial charge in [0.15, 0.2) is 16.7 Å². The molecule has 0 N–H and O–H groups in total. The van der Waals surface area contributed by atoms with Gasteiger partial charge in [-0.15, -0.1) is 10.2 Å². The lowest BCUT2D eigenvalue weighted by Gasteiger charge is -2.33. The van der Waals surface area contributed by atoms with Crippen LogP contribution in [0.4, 0.5) is 0 Å². The van der Waals surface area contributed by atoms with Crippen LogP contribution in [0.25, 0.3) is 10.8 Å². The molecule has 0 radical (unpaired) electrons. The lowest BCUT2D eigenvalue weighted by molar-refractivity contribution is 0.0638. The molecule has 3 aromatic rings. The number of hydrogen-bond acceptors (Lipinski definition) is 6. The molecule has 10 heteroatoms. The third-order valence-electron chi connectivity index (χ3n) is 5.19. The van der Waals surface area contributed by atoms with Crippen LogP contribution in [0, 0.1) is 0 Å². The summed E-state index contributed by atoms with van der Waals surface area (Å²) >= 11 is 13.4. The van der Waals surface area contributed by atoms with Gasteiger partial charge in [-0.05, 0) is 49.5 Å². The Morgan fingerprint density at radius 1 is 1.18 bits per heavy atom. The van der Waals surface area contributed by atoms with Crippen molar-refractivity contribution in [2.45, 2.75) is 38.3 Å². The van der Waals surface area contributed by atoms with Crippen molar-refractivity contribution in [3.63, 3.8) is 0 Å². The SMILES string of the molecule is C[C@@H]1c2nnc(-c3nc(C4CC4)ns3)n2CCN1C(=O)c1ccc(Cl)c(Cl)c1. The van der Waals surface area contributed by atoms with Gasteiger partial charge in [-0.1, -0.05) is 23.2 Å². The van der Waals surface area contributed by atoms with Crippen LogP contribution in [0.3, 0.4) is 0 Å². The summed E-state index contributed by atoms with van der Waals surface area (Å²) in [5, 5.41) is 10.3. The summed E-state index contributed by atoms with van der Waals surface area (Å²) in [5.74, 6) is 2.80. The molecule has 0 bridgehead atoms. The van der Waals surface area contributed by atoms with Gasteiger partial charge in [0, 0.05) is 24.6 Å². The number of carbonyl (C=O) groups is 1. The topological polar surface area (TPSA) is 76.8 Å². The zero-order valence-electron chi connectivity index (χ0n) is 15.0. The second-order valence-electron chi connectivity index (χ2n) is 7.07. The molecule has 1 saturated carbocycles. The monoisotopic (exact) mass is 434 g/mol. The van der Waals surface area contributed by atoms with E-state index in [-0.39, 0.29) is 11.9 Å². The van der Waals surface area contributed by atoms with Gasteiger partial charge >= 0.3 is 0 Å². The molecule has 2 aromatic heterocycles. The van der Waals surface area contributed by atoms with Gasteiger partial charge in [-0.3, -0.25) is 4.79 Å². The second-order valence-corrected chi connectivity index (χ2v) is 8.64. The zero-order valence-corrected chi connectivity index (χ0v) is 17.3. The van der Waals surface area contributed by atoms with Crippen molar-refractivity contribution in [2.75, 3.05) is 6.54 Å². The molecule has 1 fully saturated rings. The van der Waals surface area contributed by atoms with Gasteiger partial charge in [-0.2, -0.15) is 4.37 Å². The summed E-state index contributed by atoms with van der Waals surface area (Å²) in [4.78, 5) is 19.4. The molecule has 7 nitrogen and oxygen atoms in total. The summed E-state index contributed by atoms with van der Waals surface area (Å²) in [6, 6.07) is 4.71. The Kier molecular flexibility index (Phi) is 4.37. The van der Waals surface area contributed by atoms with Crippen molar-refractivity contribution < 1.29 is 4.79 Å². The number of aromatic nitrogens is 5. The molecule has 3 heterocycles. The van der Waals surface area contributed by atoms with Crippen LogP contribution in [-0.4, -0.2) is 41.5 Å². The van der Waals surface area contributed by atoms with E-state index in [2.05, 4.69) is 19.6 Å². The fourth-order valence-electron chi connectivity index (χ4n) is 3.45. The molecular weight excluding hydrogens is 419 g/mol. The summed E-state index contributed by atoms with van der Waals surface area (Å²) in [6.45, 7) is 3.11. The maximum Gasteiger partial charge on any atom is 0.254 e. The molecule has 1 aromatic carbocycles. The Bertz CT molecular complexity index is 1080. The summed E-state index contributed by atoms with van der Waals surface area (Å²) in [5.41, 5.74) is 0.507. The normalized spacial score (nSPS) is 19.0. The van der Waals surface area contributed by atoms with Crippen LogP contribution in [0.5, 0.6) is 0 Å². The predicted molar refractivity (Wildman–Crippen MR) is 107 cm³/mol. The van der Waals surface area contributed by atoms with Crippen molar-refractivity contribution in [1.82, 2.24) is 29.0 Å². The minimum atomic E-state index is -0.215. The van der Waals surface area contributed by atoms with Crippen molar-refractivity contribution >= 4 is 40.6 Å². The van der Waals surface area contributed by atoms with Crippen molar-refractivity contribution in [3.8, 4) is 10.8 Å². The first-order valence-corrected chi connectivity index (χ1v) is 10.6. The summed E-state index contributed by atoms with van der Waals surface area (Å²) in [6.07, 6.45) is 2.33. The standard InChI is InChI=1S/C18H16Cl2N6OS/c1-9-15-22-23-16(17-21-14(24-28-17)10-2-3-10)26(15)7-6-25(9)18(27)11-4-5-12(19)13(20)8-11/h4-5,8-10H,2-3,6-7H2,1H3/t9-/m1/s1. The van der Waals surface area contributed by atoms with E-state index in [0.29, 0.717) is 34.6 Å². The highest BCUT2D eigenvalue weighted by molar-refractivity contribution is 7.09. The van der Waals surface area contributed by atoms with Gasteiger partial charge in [0.2, 0.25) is 0 Å². The predicted octanol–water partition coefficient (Wildman–Crippen LogP) is 4.20. The van der Waals surface area contributed by atoms with Crippen molar-refractivity contribution in [2.24, 2.45) is 0 Å². The number of hydrogen-bond donors (Lipinski definition) is 0. The van der Waals surface area contributed by atoms with Gasteiger partial charge in [0.1, 0.15) is 5.82 Å². The van der Waals surface area contributed by atoms with Crippen molar-refractivity contribution in [1.29, 1.82) is 0 Å². The molecule has 2 aliphatic rings. The van der Waals surface area contributed by atoms with Gasteiger partial charge in [0.25, 0.3) is 5.91 Å². The minimum absolute atomic E-state index is 0.103. The van der Waals surface area contributed by atoms with Crippen LogP contribution in [0.2, 0.25) is 10.0 Å². The molecule has 28 heavy (non-hydrogen) atoms. The van der Waals surface area contributed by atoms with E-state index in [1.807, 2.05) is 11.5 Å². The number of halogens is 2. The quantitative estimate of drug-likeness (QED) is 0.617. The Hall–Kier alpha value is -2.03. The first-order chi connectivity index (χ1) is 13.5. The molecule has 5 rings (SSSR count). The van der Waals surface area contributed by atoms with E-state index in [1.165, 1.54) is 11.5 Å². The molecule has 0 unspecified atom stereocenters. The Labute approximate surface area is 175 Å². The fourth-order valence-corrected chi connectivity index (χ4v) is 4.48. The first-order valence-electron chi connectivity index (χ1n) is 9.06. The average molecular weight is 435 g/mol. The average Bonchev–Trinajstić information content (AvgIpc) is 3.25. The first kappa shape index (κ1) is 18.0. The van der Waals surface area contributed by atoms with Gasteiger partial charge < -0.3 is 9.47 Å². The lowest BCUT2D eigenvalue weighted by Crippen LogP contribution is -2.41. The molecule has 1 aliphatic heterocycles. The van der Waals surface area contributed by atoms with Crippen LogP contribution < -0.4 is 0 Å². The Morgan fingerprint density at radius 2 is 2.00 bits per heavy atom. The largest absolute Gasteiger partial charge is 0.327 e. The Balaban J connectivity index is 1.42. The van der Waals surface area contributed by atoms with E-state index in [9.17, 15) is 4.79 Å². The third kappa shape index (κ3) is 3.00. The summed E-state index contributed by atoms with van der Waals surface area (Å²) in [7, 11) is 0. The van der Waals surface area contributed by atoms with E-state index in [0.717, 1.165) is 35.3 Å². The van der Waals surface area contributed by atoms with Gasteiger partial charge in [0.05, 0.1) is 16.1 Å². The molecular formula is C18H16Cl2N6OS. The maximum atomic E-state index is 13.0. The third-order valence-corrected chi connectivity index (χ3v) is 6.65. The fraction of sp³-hybridized carbons (Fsp3) is 0.389. The zero-order chi connectivity index (χ0) is 19.4. The maximum absolute atomic E-state index is 13.0. The molecule has 1 amide bonds. The summed E-state index contributed by atoms with van der Waals surface area (Å²) < 4.78 is 6.50. The van der Waals surface area contributed by atoms with E-state index in [1.54, 1.807) is 23.1 Å². The van der Waals surface area contributed by atoms with E-state index >= 15 is 0 Å². The number of nitrogens with zero attached hydrogens (tertiary/aromatic N) is 6. The smallest absolute Gasteiger partial charge is 0.254 e. The van der Waals surface area contributed by atoms with Crippen LogP contribution in [0.15, 0.2) is 18.2 Å². The number of fused-ring (bicyclic) bond motifs is 1. The highest BCUT2D eigenvalue weighted by Gasteiger charge is 2.34. The molecule has 1 atom stereocenters. The Morgan fingerprint density at radius 3 is 2.75 bits per heavy atom. The highest BCUT2D eigenvalue weighted by Crippen LogP contribution is 2.40. The molecule has 0 spiro atoms. The number of rotatable bonds is 3. The van der Waals surface area contributed by atoms with E-state index in [4.69, 9.17) is 23.2 Å². The molecule has 1 aliphatic carbocycles. The second kappa shape index (κ2) is 6.79. The minimum Gasteiger partial charge on any atom is -0.327 e. The molecule has 144 valence electrons. The molecule has 0 saturated heterocycles. The van der Waals surface area contributed by atoms with Crippen LogP contribution >= 0.6 is 34.7 Å². The van der Waals surface area contributed by atoms with Gasteiger partial charge in [-0.25, -0.2) is 4.98 Å². The van der Waals surface area contributed by atoms with E-state index < -0.39 is 0 Å².